The second-order valence-corrected chi connectivity index (χ2v) is 4.28. The van der Waals surface area contributed by atoms with E-state index in [1.165, 1.54) is 11.1 Å². The summed E-state index contributed by atoms with van der Waals surface area (Å²) in [6, 6.07) is 2.17. The van der Waals surface area contributed by atoms with Crippen LogP contribution in [0, 0.1) is 20.8 Å². The Labute approximate surface area is 92.5 Å². The lowest BCUT2D eigenvalue weighted by Gasteiger charge is -2.14. The monoisotopic (exact) mass is 204 g/mol. The van der Waals surface area contributed by atoms with E-state index in [1.54, 1.807) is 6.92 Å². The standard InChI is InChI=1S/C14H20O/c1-6-7-13-8-9(2)14(12(5)15)11(4)10(13)3/h8H,6-7H2,1-5H3. The molecule has 0 unspecified atom stereocenters. The van der Waals surface area contributed by atoms with Crippen LogP contribution in [0.2, 0.25) is 0 Å². The number of carbonyl (C=O) groups is 1. The molecule has 0 saturated heterocycles. The maximum Gasteiger partial charge on any atom is 0.160 e. The molecule has 0 amide bonds. The second kappa shape index (κ2) is 4.61. The molecular formula is C14H20O. The van der Waals surface area contributed by atoms with Crippen molar-refractivity contribution in [3.63, 3.8) is 0 Å². The molecule has 15 heavy (non-hydrogen) atoms. The highest BCUT2D eigenvalue weighted by molar-refractivity contribution is 5.97. The fourth-order valence-electron chi connectivity index (χ4n) is 2.24. The molecule has 1 aromatic rings. The fourth-order valence-corrected chi connectivity index (χ4v) is 2.24. The number of ketones is 1. The average Bonchev–Trinajstić information content (AvgIpc) is 2.13. The molecule has 0 aromatic heterocycles. The van der Waals surface area contributed by atoms with Crippen LogP contribution in [0.25, 0.3) is 0 Å². The van der Waals surface area contributed by atoms with Crippen molar-refractivity contribution in [1.82, 2.24) is 0 Å². The smallest absolute Gasteiger partial charge is 0.160 e. The number of benzene rings is 1. The average molecular weight is 204 g/mol. The molecule has 0 heterocycles. The first-order valence-corrected chi connectivity index (χ1v) is 5.59. The first-order chi connectivity index (χ1) is 6.99. The Morgan fingerprint density at radius 2 is 1.80 bits per heavy atom. The van der Waals surface area contributed by atoms with Crippen LogP contribution in [0.5, 0.6) is 0 Å². The van der Waals surface area contributed by atoms with E-state index >= 15 is 0 Å². The highest BCUT2D eigenvalue weighted by atomic mass is 16.1. The van der Waals surface area contributed by atoms with Crippen molar-refractivity contribution in [2.75, 3.05) is 0 Å². The normalized spacial score (nSPS) is 10.5. The molecule has 1 aromatic carbocycles. The predicted octanol–water partition coefficient (Wildman–Crippen LogP) is 3.77. The number of Topliss-reactive ketones (excluding diaryl/α,β-unsaturated/α-hetero) is 1. The number of hydrogen-bond donors (Lipinski definition) is 0. The van der Waals surface area contributed by atoms with Crippen molar-refractivity contribution in [3.8, 4) is 0 Å². The van der Waals surface area contributed by atoms with Gasteiger partial charge in [-0.3, -0.25) is 4.79 Å². The maximum absolute atomic E-state index is 11.5. The second-order valence-electron chi connectivity index (χ2n) is 4.28. The SMILES string of the molecule is CCCc1cc(C)c(C(C)=O)c(C)c1C. The highest BCUT2D eigenvalue weighted by Crippen LogP contribution is 2.23. The van der Waals surface area contributed by atoms with Crippen molar-refractivity contribution in [2.45, 2.75) is 47.5 Å². The van der Waals surface area contributed by atoms with E-state index in [2.05, 4.69) is 26.8 Å². The van der Waals surface area contributed by atoms with E-state index in [4.69, 9.17) is 0 Å². The molecule has 0 aliphatic carbocycles. The van der Waals surface area contributed by atoms with Crippen molar-refractivity contribution < 1.29 is 4.79 Å². The number of carbonyl (C=O) groups excluding carboxylic acids is 1. The Balaban J connectivity index is 3.37. The van der Waals surface area contributed by atoms with E-state index < -0.39 is 0 Å². The molecule has 1 heteroatoms. The van der Waals surface area contributed by atoms with Crippen LogP contribution >= 0.6 is 0 Å². The molecule has 0 atom stereocenters. The van der Waals surface area contributed by atoms with Crippen molar-refractivity contribution >= 4 is 5.78 Å². The minimum atomic E-state index is 0.177. The van der Waals surface area contributed by atoms with Crippen LogP contribution in [-0.2, 0) is 6.42 Å². The summed E-state index contributed by atoms with van der Waals surface area (Å²) < 4.78 is 0. The summed E-state index contributed by atoms with van der Waals surface area (Å²) in [5.74, 6) is 0.177. The summed E-state index contributed by atoms with van der Waals surface area (Å²) in [5, 5.41) is 0. The third-order valence-electron chi connectivity index (χ3n) is 3.08. The van der Waals surface area contributed by atoms with Crippen LogP contribution in [0.4, 0.5) is 0 Å². The summed E-state index contributed by atoms with van der Waals surface area (Å²) in [6.45, 7) is 10.0. The Morgan fingerprint density at radius 1 is 1.20 bits per heavy atom. The maximum atomic E-state index is 11.5. The zero-order valence-electron chi connectivity index (χ0n) is 10.4. The van der Waals surface area contributed by atoms with Gasteiger partial charge in [0.25, 0.3) is 0 Å². The third-order valence-corrected chi connectivity index (χ3v) is 3.08. The van der Waals surface area contributed by atoms with Gasteiger partial charge in [0.15, 0.2) is 5.78 Å². The fraction of sp³-hybridized carbons (Fsp3) is 0.500. The highest BCUT2D eigenvalue weighted by Gasteiger charge is 2.12. The molecule has 1 nitrogen and oxygen atoms in total. The van der Waals surface area contributed by atoms with Crippen molar-refractivity contribution in [3.05, 3.63) is 33.9 Å². The molecule has 0 fully saturated rings. The number of aryl methyl sites for hydroxylation is 2. The lowest BCUT2D eigenvalue weighted by Crippen LogP contribution is -2.05. The van der Waals surface area contributed by atoms with Gasteiger partial charge in [0, 0.05) is 5.56 Å². The largest absolute Gasteiger partial charge is 0.294 e. The topological polar surface area (TPSA) is 17.1 Å². The third kappa shape index (κ3) is 2.28. The minimum absolute atomic E-state index is 0.177. The number of hydrogen-bond acceptors (Lipinski definition) is 1. The minimum Gasteiger partial charge on any atom is -0.294 e. The summed E-state index contributed by atoms with van der Waals surface area (Å²) in [7, 11) is 0. The first-order valence-electron chi connectivity index (χ1n) is 5.59. The predicted molar refractivity (Wildman–Crippen MR) is 64.7 cm³/mol. The number of rotatable bonds is 3. The molecule has 1 rings (SSSR count). The van der Waals surface area contributed by atoms with Gasteiger partial charge in [-0.1, -0.05) is 19.4 Å². The van der Waals surface area contributed by atoms with Crippen molar-refractivity contribution in [2.24, 2.45) is 0 Å². The molecule has 0 bridgehead atoms. The van der Waals surface area contributed by atoms with E-state index in [0.717, 1.165) is 29.5 Å². The van der Waals surface area contributed by atoms with Gasteiger partial charge in [-0.15, -0.1) is 0 Å². The van der Waals surface area contributed by atoms with Crippen molar-refractivity contribution in [1.29, 1.82) is 0 Å². The zero-order chi connectivity index (χ0) is 11.6. The van der Waals surface area contributed by atoms with Gasteiger partial charge in [-0.25, -0.2) is 0 Å². The Morgan fingerprint density at radius 3 is 2.27 bits per heavy atom. The van der Waals surface area contributed by atoms with Gasteiger partial charge < -0.3 is 0 Å². The van der Waals surface area contributed by atoms with Gasteiger partial charge in [-0.05, 0) is 56.4 Å². The summed E-state index contributed by atoms with van der Waals surface area (Å²) in [6.07, 6.45) is 2.25. The lowest BCUT2D eigenvalue weighted by atomic mass is 9.90. The molecule has 0 aliphatic heterocycles. The van der Waals surface area contributed by atoms with E-state index in [-0.39, 0.29) is 5.78 Å². The Hall–Kier alpha value is -1.11. The Kier molecular flexibility index (Phi) is 3.67. The molecule has 0 saturated carbocycles. The molecule has 0 spiro atoms. The molecule has 82 valence electrons. The van der Waals surface area contributed by atoms with E-state index in [9.17, 15) is 4.79 Å². The molecule has 0 aliphatic rings. The zero-order valence-corrected chi connectivity index (χ0v) is 10.4. The van der Waals surface area contributed by atoms with Gasteiger partial charge in [0.05, 0.1) is 0 Å². The quantitative estimate of drug-likeness (QED) is 0.685. The summed E-state index contributed by atoms with van der Waals surface area (Å²) >= 11 is 0. The van der Waals surface area contributed by atoms with E-state index in [0.29, 0.717) is 0 Å². The summed E-state index contributed by atoms with van der Waals surface area (Å²) in [5.41, 5.74) is 5.86. The van der Waals surface area contributed by atoms with Crippen LogP contribution in [0.1, 0.15) is 52.9 Å². The molecule has 0 radical (unpaired) electrons. The van der Waals surface area contributed by atoms with Gasteiger partial charge in [-0.2, -0.15) is 0 Å². The van der Waals surface area contributed by atoms with Crippen LogP contribution in [0.15, 0.2) is 6.07 Å². The van der Waals surface area contributed by atoms with E-state index in [1.807, 2.05) is 6.92 Å². The van der Waals surface area contributed by atoms with Crippen LogP contribution < -0.4 is 0 Å². The van der Waals surface area contributed by atoms with Gasteiger partial charge in [0.2, 0.25) is 0 Å². The van der Waals surface area contributed by atoms with Gasteiger partial charge >= 0.3 is 0 Å². The molecule has 0 N–H and O–H groups in total. The van der Waals surface area contributed by atoms with Crippen LogP contribution in [-0.4, -0.2) is 5.78 Å². The summed E-state index contributed by atoms with van der Waals surface area (Å²) in [4.78, 5) is 11.5. The van der Waals surface area contributed by atoms with Crippen LogP contribution in [0.3, 0.4) is 0 Å². The van der Waals surface area contributed by atoms with Gasteiger partial charge in [0.1, 0.15) is 0 Å². The Bertz CT molecular complexity index is 389. The first kappa shape index (κ1) is 12.0. The lowest BCUT2D eigenvalue weighted by molar-refractivity contribution is 0.101. The molecular weight excluding hydrogens is 184 g/mol.